The summed E-state index contributed by atoms with van der Waals surface area (Å²) >= 11 is 0. The van der Waals surface area contributed by atoms with E-state index in [4.69, 9.17) is 15.2 Å². The maximum Gasteiger partial charge on any atom is 0.200 e. The van der Waals surface area contributed by atoms with E-state index in [1.165, 1.54) is 14.2 Å². The Morgan fingerprint density at radius 3 is 2.33 bits per heavy atom. The molecule has 0 aliphatic rings. The van der Waals surface area contributed by atoms with Gasteiger partial charge in [0.1, 0.15) is 0 Å². The summed E-state index contributed by atoms with van der Waals surface area (Å²) in [6.45, 7) is 2.34. The van der Waals surface area contributed by atoms with Gasteiger partial charge in [-0.3, -0.25) is 0 Å². The smallest absolute Gasteiger partial charge is 0.200 e. The Kier molecular flexibility index (Phi) is 7.63. The molecule has 0 radical (unpaired) electrons. The van der Waals surface area contributed by atoms with Crippen LogP contribution in [0.2, 0.25) is 0 Å². The number of anilines is 1. The number of aryl methyl sites for hydroxylation is 1. The van der Waals surface area contributed by atoms with Gasteiger partial charge in [0.2, 0.25) is 5.75 Å². The number of nitrogens with one attached hydrogen (secondary N) is 1. The average Bonchev–Trinajstić information content (AvgIpc) is 2.53. The van der Waals surface area contributed by atoms with Gasteiger partial charge < -0.3 is 25.6 Å². The number of methoxy groups -OCH3 is 2. The Bertz CT molecular complexity index is 695. The molecule has 130 valence electrons. The molecule has 0 aliphatic heterocycles. The molecular formula is C17H22IN3O3. The Labute approximate surface area is 158 Å². The van der Waals surface area contributed by atoms with Gasteiger partial charge in [-0.15, -0.1) is 24.0 Å². The van der Waals surface area contributed by atoms with E-state index < -0.39 is 0 Å². The van der Waals surface area contributed by atoms with Crippen LogP contribution in [0.25, 0.3) is 0 Å². The highest BCUT2D eigenvalue weighted by molar-refractivity contribution is 14.0. The predicted molar refractivity (Wildman–Crippen MR) is 107 cm³/mol. The summed E-state index contributed by atoms with van der Waals surface area (Å²) in [5.74, 6) is 0.940. The number of hydrogen-bond acceptors (Lipinski definition) is 4. The first-order valence-corrected chi connectivity index (χ1v) is 7.11. The van der Waals surface area contributed by atoms with Crippen LogP contribution in [-0.2, 0) is 6.54 Å². The molecule has 6 nitrogen and oxygen atoms in total. The fourth-order valence-corrected chi connectivity index (χ4v) is 2.13. The second-order valence-electron chi connectivity index (χ2n) is 5.04. The third kappa shape index (κ3) is 5.19. The van der Waals surface area contributed by atoms with E-state index in [1.807, 2.05) is 31.2 Å². The molecule has 0 aromatic heterocycles. The second kappa shape index (κ2) is 9.21. The quantitative estimate of drug-likeness (QED) is 0.375. The van der Waals surface area contributed by atoms with Crippen molar-refractivity contribution in [1.29, 1.82) is 0 Å². The SMILES string of the molecule is COc1cc(CN=C(N)Nc2cccc(C)c2)cc(OC)c1O.I. The fraction of sp³-hybridized carbons (Fsp3) is 0.235. The minimum atomic E-state index is -0.0337. The summed E-state index contributed by atoms with van der Waals surface area (Å²) in [4.78, 5) is 4.29. The highest BCUT2D eigenvalue weighted by Gasteiger charge is 2.10. The van der Waals surface area contributed by atoms with Crippen molar-refractivity contribution in [2.24, 2.45) is 10.7 Å². The number of phenols is 1. The number of rotatable bonds is 5. The molecule has 4 N–H and O–H groups in total. The molecule has 0 saturated heterocycles. The molecule has 0 aliphatic carbocycles. The van der Waals surface area contributed by atoms with Crippen LogP contribution in [0.15, 0.2) is 41.4 Å². The number of aliphatic imine (C=N–C) groups is 1. The Morgan fingerprint density at radius 2 is 1.79 bits per heavy atom. The van der Waals surface area contributed by atoms with Crippen LogP contribution in [0, 0.1) is 6.92 Å². The number of nitrogens with zero attached hydrogens (tertiary/aromatic N) is 1. The van der Waals surface area contributed by atoms with Crippen molar-refractivity contribution >= 4 is 35.6 Å². The van der Waals surface area contributed by atoms with E-state index in [9.17, 15) is 5.11 Å². The summed E-state index contributed by atoms with van der Waals surface area (Å²) in [6, 6.07) is 11.2. The van der Waals surface area contributed by atoms with Gasteiger partial charge in [-0.1, -0.05) is 12.1 Å². The first kappa shape index (κ1) is 19.9. The Morgan fingerprint density at radius 1 is 1.17 bits per heavy atom. The molecule has 0 amide bonds. The molecule has 7 heteroatoms. The topological polar surface area (TPSA) is 89.1 Å². The van der Waals surface area contributed by atoms with Crippen LogP contribution in [0.5, 0.6) is 17.2 Å². The van der Waals surface area contributed by atoms with Gasteiger partial charge in [-0.2, -0.15) is 0 Å². The lowest BCUT2D eigenvalue weighted by Gasteiger charge is -2.11. The second-order valence-corrected chi connectivity index (χ2v) is 5.04. The van der Waals surface area contributed by atoms with Gasteiger partial charge in [0.25, 0.3) is 0 Å². The summed E-state index contributed by atoms with van der Waals surface area (Å²) in [5.41, 5.74) is 8.73. The van der Waals surface area contributed by atoms with Crippen molar-refractivity contribution in [3.05, 3.63) is 47.5 Å². The molecule has 0 bridgehead atoms. The van der Waals surface area contributed by atoms with E-state index in [0.717, 1.165) is 16.8 Å². The van der Waals surface area contributed by atoms with E-state index in [-0.39, 0.29) is 29.7 Å². The minimum absolute atomic E-state index is 0. The van der Waals surface area contributed by atoms with E-state index in [0.29, 0.717) is 24.0 Å². The fourth-order valence-electron chi connectivity index (χ4n) is 2.13. The number of nitrogens with two attached hydrogens (primary N) is 1. The van der Waals surface area contributed by atoms with Crippen LogP contribution >= 0.6 is 24.0 Å². The maximum atomic E-state index is 9.89. The molecule has 2 aromatic carbocycles. The Balaban J connectivity index is 0.00000288. The van der Waals surface area contributed by atoms with Crippen LogP contribution in [0.1, 0.15) is 11.1 Å². The zero-order chi connectivity index (χ0) is 16.8. The van der Waals surface area contributed by atoms with Crippen molar-refractivity contribution in [2.75, 3.05) is 19.5 Å². The molecule has 0 spiro atoms. The Hall–Kier alpha value is -2.16. The summed E-state index contributed by atoms with van der Waals surface area (Å²) in [6.07, 6.45) is 0. The lowest BCUT2D eigenvalue weighted by molar-refractivity contribution is 0.339. The molecule has 0 unspecified atom stereocenters. The summed E-state index contributed by atoms with van der Waals surface area (Å²) in [7, 11) is 2.96. The highest BCUT2D eigenvalue weighted by Crippen LogP contribution is 2.37. The van der Waals surface area contributed by atoms with Crippen LogP contribution in [0.3, 0.4) is 0 Å². The first-order chi connectivity index (χ1) is 11.0. The minimum Gasteiger partial charge on any atom is -0.502 e. The summed E-state index contributed by atoms with van der Waals surface area (Å²) < 4.78 is 10.2. The molecule has 2 aromatic rings. The molecule has 0 saturated carbocycles. The molecular weight excluding hydrogens is 421 g/mol. The number of guanidine groups is 1. The molecule has 0 fully saturated rings. The standard InChI is InChI=1S/C17H21N3O3.HI/c1-11-5-4-6-13(7-11)20-17(18)19-10-12-8-14(22-2)16(21)15(9-12)23-3;/h4-9,21H,10H2,1-3H3,(H3,18,19,20);1H. The zero-order valence-corrected chi connectivity index (χ0v) is 16.2. The van der Waals surface area contributed by atoms with Crippen LogP contribution < -0.4 is 20.5 Å². The number of ether oxygens (including phenoxy) is 2. The van der Waals surface area contributed by atoms with Crippen molar-refractivity contribution in [3.8, 4) is 17.2 Å². The number of aromatic hydroxyl groups is 1. The third-order valence-corrected chi connectivity index (χ3v) is 3.26. The third-order valence-electron chi connectivity index (χ3n) is 3.26. The average molecular weight is 443 g/mol. The normalized spacial score (nSPS) is 10.7. The maximum absolute atomic E-state index is 9.89. The zero-order valence-electron chi connectivity index (χ0n) is 13.9. The van der Waals surface area contributed by atoms with E-state index in [1.54, 1.807) is 12.1 Å². The monoisotopic (exact) mass is 443 g/mol. The number of halogens is 1. The van der Waals surface area contributed by atoms with Gasteiger partial charge >= 0.3 is 0 Å². The van der Waals surface area contributed by atoms with Gasteiger partial charge in [-0.05, 0) is 42.3 Å². The van der Waals surface area contributed by atoms with Gasteiger partial charge in [0, 0.05) is 5.69 Å². The van der Waals surface area contributed by atoms with Gasteiger partial charge in [0.15, 0.2) is 17.5 Å². The number of benzene rings is 2. The van der Waals surface area contributed by atoms with Crippen LogP contribution in [-0.4, -0.2) is 25.3 Å². The number of phenolic OH excluding ortho intramolecular Hbond substituents is 1. The molecule has 0 atom stereocenters. The molecule has 2 rings (SSSR count). The lowest BCUT2D eigenvalue weighted by atomic mass is 10.2. The lowest BCUT2D eigenvalue weighted by Crippen LogP contribution is -2.22. The van der Waals surface area contributed by atoms with Crippen LogP contribution in [0.4, 0.5) is 5.69 Å². The van der Waals surface area contributed by atoms with Gasteiger partial charge in [-0.25, -0.2) is 4.99 Å². The summed E-state index contributed by atoms with van der Waals surface area (Å²) in [5, 5.41) is 12.9. The van der Waals surface area contributed by atoms with Crippen molar-refractivity contribution in [2.45, 2.75) is 13.5 Å². The van der Waals surface area contributed by atoms with Crippen molar-refractivity contribution in [1.82, 2.24) is 0 Å². The van der Waals surface area contributed by atoms with E-state index in [2.05, 4.69) is 10.3 Å². The first-order valence-electron chi connectivity index (χ1n) is 7.11. The highest BCUT2D eigenvalue weighted by atomic mass is 127. The predicted octanol–water partition coefficient (Wildman–Crippen LogP) is 3.26. The number of hydrogen-bond donors (Lipinski definition) is 3. The molecule has 24 heavy (non-hydrogen) atoms. The van der Waals surface area contributed by atoms with Crippen molar-refractivity contribution < 1.29 is 14.6 Å². The van der Waals surface area contributed by atoms with Crippen molar-refractivity contribution in [3.63, 3.8) is 0 Å². The van der Waals surface area contributed by atoms with E-state index >= 15 is 0 Å². The van der Waals surface area contributed by atoms with Gasteiger partial charge in [0.05, 0.1) is 20.8 Å². The largest absolute Gasteiger partial charge is 0.502 e. The molecule has 0 heterocycles.